The van der Waals surface area contributed by atoms with Crippen molar-refractivity contribution in [2.24, 2.45) is 0 Å². The van der Waals surface area contributed by atoms with Gasteiger partial charge >= 0.3 is 11.6 Å². The Morgan fingerprint density at radius 2 is 1.97 bits per heavy atom. The van der Waals surface area contributed by atoms with Crippen molar-refractivity contribution >= 4 is 28.3 Å². The van der Waals surface area contributed by atoms with Crippen molar-refractivity contribution in [1.29, 1.82) is 0 Å². The second-order valence-electron chi connectivity index (χ2n) is 6.37. The number of ether oxygens (including phenoxy) is 2. The van der Waals surface area contributed by atoms with Crippen molar-refractivity contribution in [1.82, 2.24) is 4.98 Å². The topological polar surface area (TPSA) is 78.6 Å². The highest BCUT2D eigenvalue weighted by molar-refractivity contribution is 7.13. The van der Waals surface area contributed by atoms with Crippen LogP contribution >= 0.6 is 11.3 Å². The van der Waals surface area contributed by atoms with Crippen LogP contribution in [0.25, 0.3) is 21.5 Å². The van der Waals surface area contributed by atoms with Gasteiger partial charge in [0, 0.05) is 28.5 Å². The molecule has 0 bridgehead atoms. The molecule has 29 heavy (non-hydrogen) atoms. The van der Waals surface area contributed by atoms with Crippen molar-refractivity contribution in [2.75, 3.05) is 6.61 Å². The Labute approximate surface area is 170 Å². The van der Waals surface area contributed by atoms with Crippen molar-refractivity contribution in [3.8, 4) is 16.3 Å². The number of rotatable bonds is 6. The van der Waals surface area contributed by atoms with Gasteiger partial charge in [-0.15, -0.1) is 11.3 Å². The normalized spacial score (nSPS) is 10.8. The van der Waals surface area contributed by atoms with Gasteiger partial charge in [0.05, 0.1) is 5.69 Å². The molecule has 0 spiro atoms. The zero-order chi connectivity index (χ0) is 20.2. The van der Waals surface area contributed by atoms with Crippen LogP contribution in [0.5, 0.6) is 5.75 Å². The van der Waals surface area contributed by atoms with Crippen molar-refractivity contribution < 1.29 is 18.7 Å². The van der Waals surface area contributed by atoms with E-state index in [0.717, 1.165) is 21.5 Å². The highest BCUT2D eigenvalue weighted by Gasteiger charge is 2.10. The first-order valence-corrected chi connectivity index (χ1v) is 9.79. The van der Waals surface area contributed by atoms with E-state index >= 15 is 0 Å². The van der Waals surface area contributed by atoms with Crippen LogP contribution in [0.1, 0.15) is 11.3 Å². The Kier molecular flexibility index (Phi) is 5.39. The van der Waals surface area contributed by atoms with Gasteiger partial charge in [0.25, 0.3) is 0 Å². The second kappa shape index (κ2) is 8.28. The van der Waals surface area contributed by atoms with Crippen LogP contribution in [-0.2, 0) is 16.1 Å². The number of benzene rings is 2. The SMILES string of the molecule is Cc1cc(=O)oc2cc(OCC(=O)OCc3csc(-c4ccccc4)n3)ccc12. The first kappa shape index (κ1) is 18.9. The summed E-state index contributed by atoms with van der Waals surface area (Å²) in [5.74, 6) is -0.0896. The van der Waals surface area contributed by atoms with Crippen molar-refractivity contribution in [2.45, 2.75) is 13.5 Å². The molecule has 0 radical (unpaired) electrons. The molecule has 6 nitrogen and oxygen atoms in total. The van der Waals surface area contributed by atoms with Gasteiger partial charge in [-0.3, -0.25) is 0 Å². The van der Waals surface area contributed by atoms with Crippen LogP contribution in [0.15, 0.2) is 69.2 Å². The lowest BCUT2D eigenvalue weighted by molar-refractivity contribution is -0.147. The summed E-state index contributed by atoms with van der Waals surface area (Å²) in [6, 6.07) is 16.3. The molecule has 2 aromatic heterocycles. The molecule has 0 saturated heterocycles. The Balaban J connectivity index is 1.33. The number of carbonyl (C=O) groups is 1. The van der Waals surface area contributed by atoms with E-state index < -0.39 is 11.6 Å². The molecule has 0 aliphatic heterocycles. The number of hydrogen-bond acceptors (Lipinski definition) is 7. The molecule has 0 fully saturated rings. The third-order valence-corrected chi connectivity index (χ3v) is 5.17. The molecule has 0 unspecified atom stereocenters. The number of carbonyl (C=O) groups excluding carboxylic acids is 1. The molecule has 0 amide bonds. The quantitative estimate of drug-likeness (QED) is 0.349. The Morgan fingerprint density at radius 1 is 1.14 bits per heavy atom. The van der Waals surface area contributed by atoms with Crippen molar-refractivity contribution in [3.05, 3.63) is 81.7 Å². The minimum Gasteiger partial charge on any atom is -0.482 e. The summed E-state index contributed by atoms with van der Waals surface area (Å²) in [5, 5.41) is 3.56. The second-order valence-corrected chi connectivity index (χ2v) is 7.22. The largest absolute Gasteiger partial charge is 0.482 e. The van der Waals surface area contributed by atoms with Crippen LogP contribution < -0.4 is 10.4 Å². The van der Waals surface area contributed by atoms with Gasteiger partial charge in [0.15, 0.2) is 6.61 Å². The Bertz CT molecular complexity index is 1210. The summed E-state index contributed by atoms with van der Waals surface area (Å²) >= 11 is 1.50. The van der Waals surface area contributed by atoms with E-state index in [0.29, 0.717) is 17.0 Å². The van der Waals surface area contributed by atoms with Gasteiger partial charge in [-0.25, -0.2) is 14.6 Å². The number of esters is 1. The molecule has 4 rings (SSSR count). The minimum atomic E-state index is -0.509. The number of hydrogen-bond donors (Lipinski definition) is 0. The first-order chi connectivity index (χ1) is 14.1. The third-order valence-electron chi connectivity index (χ3n) is 4.23. The summed E-state index contributed by atoms with van der Waals surface area (Å²) in [6.07, 6.45) is 0. The fourth-order valence-electron chi connectivity index (χ4n) is 2.82. The lowest BCUT2D eigenvalue weighted by atomic mass is 10.1. The molecule has 2 aromatic carbocycles. The maximum absolute atomic E-state index is 12.0. The monoisotopic (exact) mass is 407 g/mol. The number of aromatic nitrogens is 1. The highest BCUT2D eigenvalue weighted by atomic mass is 32.1. The van der Waals surface area contributed by atoms with Crippen LogP contribution in [-0.4, -0.2) is 17.6 Å². The van der Waals surface area contributed by atoms with E-state index in [2.05, 4.69) is 4.98 Å². The van der Waals surface area contributed by atoms with Crippen molar-refractivity contribution in [3.63, 3.8) is 0 Å². The number of thiazole rings is 1. The van der Waals surface area contributed by atoms with Gasteiger partial charge in [-0.05, 0) is 24.6 Å². The zero-order valence-electron chi connectivity index (χ0n) is 15.6. The lowest BCUT2D eigenvalue weighted by Gasteiger charge is -2.07. The summed E-state index contributed by atoms with van der Waals surface area (Å²) in [6.45, 7) is 1.66. The number of fused-ring (bicyclic) bond motifs is 1. The van der Waals surface area contributed by atoms with E-state index in [1.807, 2.05) is 42.6 Å². The molecule has 0 aliphatic rings. The molecule has 2 heterocycles. The zero-order valence-corrected chi connectivity index (χ0v) is 16.4. The maximum atomic E-state index is 12.0. The molecule has 146 valence electrons. The standard InChI is InChI=1S/C22H17NO5S/c1-14-9-20(24)28-19-10-17(7-8-18(14)19)26-12-21(25)27-11-16-13-29-22(23-16)15-5-3-2-4-6-15/h2-10,13H,11-12H2,1H3. The fraction of sp³-hybridized carbons (Fsp3) is 0.136. The van der Waals surface area contributed by atoms with Crippen LogP contribution in [0.2, 0.25) is 0 Å². The van der Waals surface area contributed by atoms with Gasteiger partial charge in [0.1, 0.15) is 22.9 Å². The van der Waals surface area contributed by atoms with E-state index in [1.54, 1.807) is 18.2 Å². The van der Waals surface area contributed by atoms with Gasteiger partial charge in [-0.2, -0.15) is 0 Å². The average molecular weight is 407 g/mol. The van der Waals surface area contributed by atoms with E-state index in [9.17, 15) is 9.59 Å². The minimum absolute atomic E-state index is 0.0807. The number of nitrogens with zero attached hydrogens (tertiary/aromatic N) is 1. The third kappa shape index (κ3) is 4.52. The van der Waals surface area contributed by atoms with Crippen LogP contribution in [0.4, 0.5) is 0 Å². The van der Waals surface area contributed by atoms with Gasteiger partial charge in [0.2, 0.25) is 0 Å². The average Bonchev–Trinajstić information content (AvgIpc) is 3.20. The van der Waals surface area contributed by atoms with E-state index in [-0.39, 0.29) is 13.2 Å². The summed E-state index contributed by atoms with van der Waals surface area (Å²) in [4.78, 5) is 28.0. The summed E-state index contributed by atoms with van der Waals surface area (Å²) in [7, 11) is 0. The predicted octanol–water partition coefficient (Wildman–Crippen LogP) is 4.35. The molecular formula is C22H17NO5S. The maximum Gasteiger partial charge on any atom is 0.344 e. The summed E-state index contributed by atoms with van der Waals surface area (Å²) in [5.41, 5.74) is 2.52. The van der Waals surface area contributed by atoms with E-state index in [4.69, 9.17) is 13.9 Å². The Hall–Kier alpha value is -3.45. The molecule has 0 atom stereocenters. The van der Waals surface area contributed by atoms with Crippen LogP contribution in [0.3, 0.4) is 0 Å². The van der Waals surface area contributed by atoms with Crippen LogP contribution in [0, 0.1) is 6.92 Å². The summed E-state index contributed by atoms with van der Waals surface area (Å²) < 4.78 is 15.9. The molecule has 0 saturated carbocycles. The first-order valence-electron chi connectivity index (χ1n) is 8.91. The molecule has 4 aromatic rings. The number of aryl methyl sites for hydroxylation is 1. The molecular weight excluding hydrogens is 390 g/mol. The molecule has 0 aliphatic carbocycles. The fourth-order valence-corrected chi connectivity index (χ4v) is 3.63. The lowest BCUT2D eigenvalue weighted by Crippen LogP contribution is -2.14. The predicted molar refractivity (Wildman–Crippen MR) is 110 cm³/mol. The van der Waals surface area contributed by atoms with Gasteiger partial charge in [-0.1, -0.05) is 30.3 Å². The van der Waals surface area contributed by atoms with Gasteiger partial charge < -0.3 is 13.9 Å². The molecule has 0 N–H and O–H groups in total. The highest BCUT2D eigenvalue weighted by Crippen LogP contribution is 2.24. The molecule has 7 heteroatoms. The van der Waals surface area contributed by atoms with E-state index in [1.165, 1.54) is 17.4 Å². The Morgan fingerprint density at radius 3 is 2.79 bits per heavy atom. The smallest absolute Gasteiger partial charge is 0.344 e.